The highest BCUT2D eigenvalue weighted by Crippen LogP contribution is 2.41. The van der Waals surface area contributed by atoms with Gasteiger partial charge in [-0.3, -0.25) is 19.7 Å². The highest BCUT2D eigenvalue weighted by molar-refractivity contribution is 6.06. The van der Waals surface area contributed by atoms with E-state index in [4.69, 9.17) is 0 Å². The molecule has 0 aromatic heterocycles. The van der Waals surface area contributed by atoms with Gasteiger partial charge in [0.1, 0.15) is 11.8 Å². The second-order valence-corrected chi connectivity index (χ2v) is 10.7. The molecule has 0 bridgehead atoms. The quantitative estimate of drug-likeness (QED) is 0.533. The average molecular weight is 505 g/mol. The zero-order valence-electron chi connectivity index (χ0n) is 20.6. The number of likely N-dealkylation sites (N-methyl/N-ethyl adjacent to an activating group) is 1. The monoisotopic (exact) mass is 504 g/mol. The van der Waals surface area contributed by atoms with Crippen molar-refractivity contribution in [1.82, 2.24) is 15.5 Å². The number of carbonyl (C=O) groups is 3. The lowest BCUT2D eigenvalue weighted by Crippen LogP contribution is -2.54. The third-order valence-corrected chi connectivity index (χ3v) is 8.44. The van der Waals surface area contributed by atoms with Crippen LogP contribution in [0.25, 0.3) is 0 Å². The molecule has 3 fully saturated rings. The van der Waals surface area contributed by atoms with Gasteiger partial charge < -0.3 is 20.2 Å². The number of carbonyl (C=O) groups excluding carboxylic acids is 3. The molecule has 1 aromatic rings. The molecule has 3 atom stereocenters. The van der Waals surface area contributed by atoms with Crippen molar-refractivity contribution in [3.63, 3.8) is 0 Å². The topological polar surface area (TPSA) is 102 Å². The van der Waals surface area contributed by atoms with Gasteiger partial charge in [-0.1, -0.05) is 12.8 Å². The van der Waals surface area contributed by atoms with Gasteiger partial charge in [0.2, 0.25) is 17.7 Å². The van der Waals surface area contributed by atoms with E-state index < -0.39 is 17.9 Å². The van der Waals surface area contributed by atoms with Crippen LogP contribution in [0, 0.1) is 0 Å². The van der Waals surface area contributed by atoms with Gasteiger partial charge in [0.05, 0.1) is 12.2 Å². The Labute approximate surface area is 209 Å². The Balaban J connectivity index is 1.32. The SMILES string of the molecule is CN(c1ccc2c(c1O)CN(C1CCC(=O)NC1=O)C2=O)[C@@H]1CCCC[C@H]1NC1CCC(F)(F)CC1. The molecule has 1 unspecified atom stereocenters. The lowest BCUT2D eigenvalue weighted by Gasteiger charge is -2.42. The van der Waals surface area contributed by atoms with Gasteiger partial charge in [0.15, 0.2) is 0 Å². The van der Waals surface area contributed by atoms with Crippen molar-refractivity contribution in [2.75, 3.05) is 11.9 Å². The molecule has 2 aliphatic heterocycles. The lowest BCUT2D eigenvalue weighted by atomic mass is 9.86. The predicted octanol–water partition coefficient (Wildman–Crippen LogP) is 3.07. The number of aromatic hydroxyl groups is 1. The van der Waals surface area contributed by atoms with Crippen molar-refractivity contribution in [3.05, 3.63) is 23.3 Å². The Hall–Kier alpha value is -2.75. The number of hydrogen-bond donors (Lipinski definition) is 3. The van der Waals surface area contributed by atoms with Gasteiger partial charge in [-0.05, 0) is 44.2 Å². The van der Waals surface area contributed by atoms with Gasteiger partial charge in [-0.2, -0.15) is 0 Å². The molecule has 36 heavy (non-hydrogen) atoms. The number of alkyl halides is 2. The van der Waals surface area contributed by atoms with Gasteiger partial charge >= 0.3 is 0 Å². The summed E-state index contributed by atoms with van der Waals surface area (Å²) in [5.74, 6) is -3.68. The summed E-state index contributed by atoms with van der Waals surface area (Å²) in [5.41, 5.74) is 1.47. The molecule has 8 nitrogen and oxygen atoms in total. The van der Waals surface area contributed by atoms with Crippen LogP contribution < -0.4 is 15.5 Å². The molecule has 2 heterocycles. The molecule has 1 saturated heterocycles. The van der Waals surface area contributed by atoms with E-state index in [0.29, 0.717) is 29.7 Å². The zero-order valence-corrected chi connectivity index (χ0v) is 20.6. The summed E-state index contributed by atoms with van der Waals surface area (Å²) in [6.45, 7) is 0.108. The van der Waals surface area contributed by atoms with E-state index in [0.717, 1.165) is 25.7 Å². The number of hydrogen-bond acceptors (Lipinski definition) is 6. The number of phenolic OH excluding ortho intramolecular Hbond substituents is 1. The number of phenols is 1. The van der Waals surface area contributed by atoms with Crippen LogP contribution in [-0.4, -0.2) is 64.9 Å². The number of nitrogens with zero attached hydrogens (tertiary/aromatic N) is 2. The summed E-state index contributed by atoms with van der Waals surface area (Å²) < 4.78 is 27.2. The Kier molecular flexibility index (Phi) is 6.65. The summed E-state index contributed by atoms with van der Waals surface area (Å²) >= 11 is 0. The Morgan fingerprint density at radius 3 is 2.53 bits per heavy atom. The summed E-state index contributed by atoms with van der Waals surface area (Å²) in [6, 6.07) is 2.97. The maximum absolute atomic E-state index is 13.6. The van der Waals surface area contributed by atoms with Crippen molar-refractivity contribution >= 4 is 23.4 Å². The maximum atomic E-state index is 13.6. The number of anilines is 1. The van der Waals surface area contributed by atoms with Crippen LogP contribution in [-0.2, 0) is 16.1 Å². The fourth-order valence-electron chi connectivity index (χ4n) is 6.35. The molecule has 2 saturated carbocycles. The van der Waals surface area contributed by atoms with E-state index in [9.17, 15) is 28.3 Å². The fraction of sp³-hybridized carbons (Fsp3) is 0.654. The van der Waals surface area contributed by atoms with Crippen molar-refractivity contribution in [3.8, 4) is 5.75 Å². The van der Waals surface area contributed by atoms with Crippen molar-refractivity contribution in [2.24, 2.45) is 0 Å². The second-order valence-electron chi connectivity index (χ2n) is 10.7. The van der Waals surface area contributed by atoms with Crippen LogP contribution in [0.5, 0.6) is 5.75 Å². The van der Waals surface area contributed by atoms with E-state index in [1.807, 2.05) is 11.9 Å². The van der Waals surface area contributed by atoms with E-state index in [-0.39, 0.29) is 67.9 Å². The standard InChI is InChI=1S/C26H34F2N4O4/c1-31(19-5-3-2-4-18(19)29-15-10-12-26(27,28)13-11-15)20-7-6-16-17(23(20)34)14-32(25(16)36)21-8-9-22(33)30-24(21)35/h6-7,15,18-19,21,29,34H,2-5,8-14H2,1H3,(H,30,33,35)/t18-,19-,21?/m1/s1. The summed E-state index contributed by atoms with van der Waals surface area (Å²) in [4.78, 5) is 40.4. The largest absolute Gasteiger partial charge is 0.505 e. The minimum absolute atomic E-state index is 0.0276. The van der Waals surface area contributed by atoms with Crippen LogP contribution in [0.2, 0.25) is 0 Å². The summed E-state index contributed by atoms with van der Waals surface area (Å²) in [7, 11) is 1.93. The Bertz CT molecular complexity index is 1050. The van der Waals surface area contributed by atoms with E-state index in [2.05, 4.69) is 10.6 Å². The van der Waals surface area contributed by atoms with Crippen LogP contribution in [0.1, 0.15) is 80.1 Å². The number of benzene rings is 1. The lowest BCUT2D eigenvalue weighted by molar-refractivity contribution is -0.136. The number of amides is 3. The molecular weight excluding hydrogens is 470 g/mol. The smallest absolute Gasteiger partial charge is 0.255 e. The van der Waals surface area contributed by atoms with Crippen LogP contribution in [0.15, 0.2) is 12.1 Å². The average Bonchev–Trinajstić information content (AvgIpc) is 3.18. The molecule has 0 radical (unpaired) electrons. The molecular formula is C26H34F2N4O4. The normalized spacial score (nSPS) is 28.7. The van der Waals surface area contributed by atoms with E-state index in [1.165, 1.54) is 4.90 Å². The Morgan fingerprint density at radius 2 is 1.81 bits per heavy atom. The molecule has 4 aliphatic rings. The van der Waals surface area contributed by atoms with Crippen LogP contribution in [0.4, 0.5) is 14.5 Å². The number of halogens is 2. The van der Waals surface area contributed by atoms with Gasteiger partial charge in [0.25, 0.3) is 5.91 Å². The summed E-state index contributed by atoms with van der Waals surface area (Å²) in [5, 5.41) is 17.2. The molecule has 10 heteroatoms. The van der Waals surface area contributed by atoms with Crippen molar-refractivity contribution < 1.29 is 28.3 Å². The zero-order chi connectivity index (χ0) is 25.6. The number of piperidine rings is 1. The third-order valence-electron chi connectivity index (χ3n) is 8.44. The van der Waals surface area contributed by atoms with E-state index >= 15 is 0 Å². The van der Waals surface area contributed by atoms with Crippen molar-refractivity contribution in [1.29, 1.82) is 0 Å². The molecule has 5 rings (SSSR count). The van der Waals surface area contributed by atoms with Gasteiger partial charge in [0, 0.05) is 55.6 Å². The molecule has 3 N–H and O–H groups in total. The molecule has 1 aromatic carbocycles. The maximum Gasteiger partial charge on any atom is 0.255 e. The van der Waals surface area contributed by atoms with Gasteiger partial charge in [-0.25, -0.2) is 8.78 Å². The van der Waals surface area contributed by atoms with Gasteiger partial charge in [-0.15, -0.1) is 0 Å². The number of rotatable bonds is 5. The van der Waals surface area contributed by atoms with E-state index in [1.54, 1.807) is 12.1 Å². The van der Waals surface area contributed by atoms with Crippen LogP contribution in [0.3, 0.4) is 0 Å². The summed E-state index contributed by atoms with van der Waals surface area (Å²) in [6.07, 6.45) is 5.16. The highest BCUT2D eigenvalue weighted by atomic mass is 19.3. The number of imide groups is 1. The molecule has 3 amide bonds. The molecule has 0 spiro atoms. The first kappa shape index (κ1) is 24.9. The number of nitrogens with one attached hydrogen (secondary N) is 2. The number of fused-ring (bicyclic) bond motifs is 1. The minimum Gasteiger partial charge on any atom is -0.505 e. The fourth-order valence-corrected chi connectivity index (χ4v) is 6.35. The Morgan fingerprint density at radius 1 is 1.08 bits per heavy atom. The van der Waals surface area contributed by atoms with Crippen LogP contribution >= 0.6 is 0 Å². The first-order valence-corrected chi connectivity index (χ1v) is 13.0. The third kappa shape index (κ3) is 4.67. The predicted molar refractivity (Wildman–Crippen MR) is 129 cm³/mol. The minimum atomic E-state index is -2.56. The molecule has 196 valence electrons. The first-order valence-electron chi connectivity index (χ1n) is 13.0. The highest BCUT2D eigenvalue weighted by Gasteiger charge is 2.42. The first-order chi connectivity index (χ1) is 17.1. The molecule has 2 aliphatic carbocycles. The van der Waals surface area contributed by atoms with Crippen molar-refractivity contribution in [2.45, 2.75) is 101 Å². The second kappa shape index (κ2) is 9.61.